The first-order chi connectivity index (χ1) is 16.3. The summed E-state index contributed by atoms with van der Waals surface area (Å²) in [6, 6.07) is 38.1. The number of nitrogens with zero attached hydrogens (tertiary/aromatic N) is 2. The highest BCUT2D eigenvalue weighted by molar-refractivity contribution is 5.96. The number of hydrogen-bond acceptors (Lipinski definition) is 1. The van der Waals surface area contributed by atoms with Crippen LogP contribution in [0.3, 0.4) is 0 Å². The number of aromatic nitrogens is 3. The summed E-state index contributed by atoms with van der Waals surface area (Å²) in [6.07, 6.45) is 2.07. The van der Waals surface area contributed by atoms with Gasteiger partial charge in [0, 0.05) is 39.5 Å². The maximum absolute atomic E-state index is 5.29. The lowest BCUT2D eigenvalue weighted by Gasteiger charge is -2.14. The zero-order valence-corrected chi connectivity index (χ0v) is 18.4. The Morgan fingerprint density at radius 3 is 2.03 bits per heavy atom. The first-order valence-electron chi connectivity index (χ1n) is 11.2. The number of imidazole rings is 1. The molecule has 3 nitrogen and oxygen atoms in total. The number of fused-ring (bicyclic) bond motifs is 1. The number of nitrogens with one attached hydrogen (secondary N) is 1. The molecule has 0 saturated heterocycles. The van der Waals surface area contributed by atoms with Crippen LogP contribution < -0.4 is 0 Å². The molecule has 6 rings (SSSR count). The van der Waals surface area contributed by atoms with Crippen LogP contribution in [-0.4, -0.2) is 14.5 Å². The zero-order valence-electron chi connectivity index (χ0n) is 18.4. The first kappa shape index (κ1) is 19.3. The predicted molar refractivity (Wildman–Crippen MR) is 136 cm³/mol. The van der Waals surface area contributed by atoms with Gasteiger partial charge in [-0.1, -0.05) is 96.6 Å². The third-order valence-corrected chi connectivity index (χ3v) is 6.09. The minimum absolute atomic E-state index is 0.925. The van der Waals surface area contributed by atoms with Crippen molar-refractivity contribution in [2.75, 3.05) is 0 Å². The lowest BCUT2D eigenvalue weighted by Crippen LogP contribution is -2.00. The molecule has 33 heavy (non-hydrogen) atoms. The molecule has 3 heteroatoms. The van der Waals surface area contributed by atoms with Gasteiger partial charge in [-0.05, 0) is 25.1 Å². The van der Waals surface area contributed by atoms with E-state index in [4.69, 9.17) is 4.98 Å². The summed E-state index contributed by atoms with van der Waals surface area (Å²) in [5, 5.41) is 1.16. The van der Waals surface area contributed by atoms with Crippen molar-refractivity contribution in [1.29, 1.82) is 0 Å². The van der Waals surface area contributed by atoms with Gasteiger partial charge in [-0.15, -0.1) is 0 Å². The molecule has 0 radical (unpaired) electrons. The Bertz CT molecular complexity index is 1540. The zero-order chi connectivity index (χ0) is 22.2. The van der Waals surface area contributed by atoms with Crippen LogP contribution in [0.15, 0.2) is 115 Å². The topological polar surface area (TPSA) is 33.6 Å². The molecule has 0 aliphatic heterocycles. The summed E-state index contributed by atoms with van der Waals surface area (Å²) in [5.41, 5.74) is 8.82. The maximum Gasteiger partial charge on any atom is 0.147 e. The van der Waals surface area contributed by atoms with Crippen LogP contribution in [-0.2, 0) is 0 Å². The first-order valence-corrected chi connectivity index (χ1v) is 11.2. The van der Waals surface area contributed by atoms with Crippen LogP contribution in [0, 0.1) is 6.92 Å². The third kappa shape index (κ3) is 3.35. The van der Waals surface area contributed by atoms with Gasteiger partial charge in [0.25, 0.3) is 0 Å². The summed E-state index contributed by atoms with van der Waals surface area (Å²) in [4.78, 5) is 8.72. The van der Waals surface area contributed by atoms with E-state index >= 15 is 0 Å². The van der Waals surface area contributed by atoms with Crippen molar-refractivity contribution >= 4 is 10.9 Å². The molecule has 0 fully saturated rings. The molecule has 0 atom stereocenters. The van der Waals surface area contributed by atoms with Gasteiger partial charge in [0.05, 0.1) is 11.4 Å². The van der Waals surface area contributed by atoms with E-state index < -0.39 is 0 Å². The minimum atomic E-state index is 0.925. The van der Waals surface area contributed by atoms with Crippen LogP contribution in [0.1, 0.15) is 5.56 Å². The SMILES string of the molecule is Cc1ccc(-n2c(-c3c[nH]c4ccccc34)nc(-c3ccccc3)c2-c2ccccc2)cc1. The summed E-state index contributed by atoms with van der Waals surface area (Å²) in [7, 11) is 0. The van der Waals surface area contributed by atoms with E-state index in [1.165, 1.54) is 5.56 Å². The molecule has 0 spiro atoms. The van der Waals surface area contributed by atoms with E-state index in [0.29, 0.717) is 0 Å². The van der Waals surface area contributed by atoms with Crippen molar-refractivity contribution in [3.05, 3.63) is 121 Å². The number of aromatic amines is 1. The van der Waals surface area contributed by atoms with Gasteiger partial charge < -0.3 is 4.98 Å². The average Bonchev–Trinajstić information content (AvgIpc) is 3.47. The summed E-state index contributed by atoms with van der Waals surface area (Å²) in [6.45, 7) is 2.12. The van der Waals surface area contributed by atoms with E-state index in [9.17, 15) is 0 Å². The van der Waals surface area contributed by atoms with E-state index in [1.807, 2.05) is 6.07 Å². The molecule has 6 aromatic rings. The standard InChI is InChI=1S/C30H23N3/c1-21-16-18-24(19-17-21)33-29(23-12-6-3-7-13-23)28(22-10-4-2-5-11-22)32-30(33)26-20-31-27-15-9-8-14-25(26)27/h2-20,31H,1H3. The molecule has 4 aromatic carbocycles. The van der Waals surface area contributed by atoms with Crippen LogP contribution in [0.25, 0.3) is 50.5 Å². The largest absolute Gasteiger partial charge is 0.360 e. The van der Waals surface area contributed by atoms with E-state index in [-0.39, 0.29) is 0 Å². The van der Waals surface area contributed by atoms with Crippen molar-refractivity contribution in [3.63, 3.8) is 0 Å². The number of rotatable bonds is 4. The molecule has 0 aliphatic rings. The molecule has 0 saturated carbocycles. The Labute approximate surface area is 193 Å². The highest BCUT2D eigenvalue weighted by atomic mass is 15.1. The minimum Gasteiger partial charge on any atom is -0.360 e. The van der Waals surface area contributed by atoms with Gasteiger partial charge >= 0.3 is 0 Å². The number of benzene rings is 4. The monoisotopic (exact) mass is 425 g/mol. The number of aryl methyl sites for hydroxylation is 1. The smallest absolute Gasteiger partial charge is 0.147 e. The molecular weight excluding hydrogens is 402 g/mol. The van der Waals surface area contributed by atoms with E-state index in [0.717, 1.165) is 50.5 Å². The number of hydrogen-bond donors (Lipinski definition) is 1. The second kappa shape index (κ2) is 7.95. The lowest BCUT2D eigenvalue weighted by atomic mass is 10.0. The van der Waals surface area contributed by atoms with Crippen molar-refractivity contribution in [2.24, 2.45) is 0 Å². The second-order valence-electron chi connectivity index (χ2n) is 8.28. The van der Waals surface area contributed by atoms with Crippen molar-refractivity contribution < 1.29 is 0 Å². The Balaban J connectivity index is 1.74. The average molecular weight is 426 g/mol. The maximum atomic E-state index is 5.29. The Hall–Kier alpha value is -4.37. The van der Waals surface area contributed by atoms with Gasteiger partial charge in [-0.3, -0.25) is 4.57 Å². The molecule has 2 aromatic heterocycles. The molecule has 0 aliphatic carbocycles. The molecule has 0 unspecified atom stereocenters. The van der Waals surface area contributed by atoms with Crippen molar-refractivity contribution in [2.45, 2.75) is 6.92 Å². The molecule has 0 bridgehead atoms. The van der Waals surface area contributed by atoms with Crippen LogP contribution in [0.5, 0.6) is 0 Å². The highest BCUT2D eigenvalue weighted by Gasteiger charge is 2.23. The Kier molecular flexibility index (Phi) is 4.66. The van der Waals surface area contributed by atoms with Gasteiger partial charge in [0.2, 0.25) is 0 Å². The van der Waals surface area contributed by atoms with Crippen LogP contribution in [0.4, 0.5) is 0 Å². The van der Waals surface area contributed by atoms with Gasteiger partial charge in [-0.25, -0.2) is 4.98 Å². The van der Waals surface area contributed by atoms with E-state index in [2.05, 4.69) is 126 Å². The fourth-order valence-electron chi connectivity index (χ4n) is 4.46. The van der Waals surface area contributed by atoms with E-state index in [1.54, 1.807) is 0 Å². The van der Waals surface area contributed by atoms with Gasteiger partial charge in [-0.2, -0.15) is 0 Å². The molecular formula is C30H23N3. The van der Waals surface area contributed by atoms with Crippen LogP contribution in [0.2, 0.25) is 0 Å². The fraction of sp³-hybridized carbons (Fsp3) is 0.0333. The summed E-state index contributed by atoms with van der Waals surface area (Å²) in [5.74, 6) is 0.925. The molecule has 158 valence electrons. The third-order valence-electron chi connectivity index (χ3n) is 6.09. The van der Waals surface area contributed by atoms with Crippen molar-refractivity contribution in [1.82, 2.24) is 14.5 Å². The van der Waals surface area contributed by atoms with Crippen LogP contribution >= 0.6 is 0 Å². The summed E-state index contributed by atoms with van der Waals surface area (Å²) >= 11 is 0. The normalized spacial score (nSPS) is 11.2. The lowest BCUT2D eigenvalue weighted by molar-refractivity contribution is 1.07. The quantitative estimate of drug-likeness (QED) is 0.309. The fourth-order valence-corrected chi connectivity index (χ4v) is 4.46. The number of para-hydroxylation sites is 1. The Morgan fingerprint density at radius 1 is 0.667 bits per heavy atom. The highest BCUT2D eigenvalue weighted by Crippen LogP contribution is 2.40. The van der Waals surface area contributed by atoms with Crippen molar-refractivity contribution in [3.8, 4) is 39.6 Å². The van der Waals surface area contributed by atoms with Gasteiger partial charge in [0.15, 0.2) is 0 Å². The molecule has 0 amide bonds. The predicted octanol–water partition coefficient (Wildman–Crippen LogP) is 7.66. The van der Waals surface area contributed by atoms with Gasteiger partial charge in [0.1, 0.15) is 5.82 Å². The molecule has 1 N–H and O–H groups in total. The number of H-pyrrole nitrogens is 1. The second-order valence-corrected chi connectivity index (χ2v) is 8.28. The summed E-state index contributed by atoms with van der Waals surface area (Å²) < 4.78 is 2.30. The molecule has 2 heterocycles. The Morgan fingerprint density at radius 2 is 1.30 bits per heavy atom.